The van der Waals surface area contributed by atoms with Crippen molar-refractivity contribution in [2.24, 2.45) is 0 Å². The summed E-state index contributed by atoms with van der Waals surface area (Å²) in [5.74, 6) is 0.269. The Morgan fingerprint density at radius 3 is 2.84 bits per heavy atom. The fourth-order valence-electron chi connectivity index (χ4n) is 1.76. The largest absolute Gasteiger partial charge is 0.480 e. The van der Waals surface area contributed by atoms with Crippen LogP contribution in [0, 0.1) is 5.82 Å². The van der Waals surface area contributed by atoms with Crippen molar-refractivity contribution in [2.75, 3.05) is 12.4 Å². The number of hydrogen-bond donors (Lipinski definition) is 1. The second kappa shape index (κ2) is 6.02. The molecule has 0 bridgehead atoms. The Hall–Kier alpha value is -1.62. The molecule has 0 saturated carbocycles. The van der Waals surface area contributed by atoms with Gasteiger partial charge in [0.25, 0.3) is 0 Å². The molecule has 1 N–H and O–H groups in total. The van der Waals surface area contributed by atoms with Crippen molar-refractivity contribution in [2.45, 2.75) is 13.0 Å². The number of hydrogen-bond acceptors (Lipinski definition) is 3. The Kier molecular flexibility index (Phi) is 4.37. The minimum Gasteiger partial charge on any atom is -0.480 e. The van der Waals surface area contributed by atoms with Gasteiger partial charge in [0.1, 0.15) is 5.82 Å². The zero-order valence-electron chi connectivity index (χ0n) is 10.7. The Morgan fingerprint density at radius 1 is 1.37 bits per heavy atom. The van der Waals surface area contributed by atoms with Crippen molar-refractivity contribution in [1.82, 2.24) is 4.98 Å². The number of anilines is 1. The van der Waals surface area contributed by atoms with Gasteiger partial charge in [0.05, 0.1) is 17.3 Å². The Bertz CT molecular complexity index is 577. The molecule has 1 heterocycles. The Labute approximate surface area is 119 Å². The minimum absolute atomic E-state index is 0.00926. The van der Waals surface area contributed by atoms with Crippen LogP contribution in [-0.4, -0.2) is 12.1 Å². The number of ether oxygens (including phenoxy) is 1. The molecule has 1 atom stereocenters. The number of nitrogens with one attached hydrogen (secondary N) is 1. The van der Waals surface area contributed by atoms with Gasteiger partial charge in [-0.2, -0.15) is 0 Å². The summed E-state index contributed by atoms with van der Waals surface area (Å²) in [7, 11) is 1.58. The predicted octanol–water partition coefficient (Wildman–Crippen LogP) is 4.16. The van der Waals surface area contributed by atoms with E-state index in [0.29, 0.717) is 10.4 Å². The fraction of sp³-hybridized carbons (Fsp3) is 0.214. The highest BCUT2D eigenvalue weighted by molar-refractivity contribution is 9.10. The fourth-order valence-corrected chi connectivity index (χ4v) is 2.16. The van der Waals surface area contributed by atoms with E-state index in [1.165, 1.54) is 6.07 Å². The third-order valence-electron chi connectivity index (χ3n) is 2.78. The van der Waals surface area contributed by atoms with Gasteiger partial charge in [0, 0.05) is 12.2 Å². The van der Waals surface area contributed by atoms with Crippen molar-refractivity contribution in [3.05, 3.63) is 52.4 Å². The van der Waals surface area contributed by atoms with Gasteiger partial charge in [-0.15, -0.1) is 0 Å². The molecule has 1 aromatic carbocycles. The van der Waals surface area contributed by atoms with E-state index in [0.717, 1.165) is 11.3 Å². The molecule has 0 fully saturated rings. The predicted molar refractivity (Wildman–Crippen MR) is 76.9 cm³/mol. The van der Waals surface area contributed by atoms with Gasteiger partial charge < -0.3 is 10.1 Å². The first kappa shape index (κ1) is 13.8. The second-order valence-corrected chi connectivity index (χ2v) is 4.95. The van der Waals surface area contributed by atoms with Crippen molar-refractivity contribution >= 4 is 21.6 Å². The summed E-state index contributed by atoms with van der Waals surface area (Å²) in [5, 5.41) is 3.29. The lowest BCUT2D eigenvalue weighted by Gasteiger charge is -2.17. The van der Waals surface area contributed by atoms with Crippen LogP contribution < -0.4 is 10.1 Å². The van der Waals surface area contributed by atoms with Crippen LogP contribution >= 0.6 is 15.9 Å². The summed E-state index contributed by atoms with van der Waals surface area (Å²) in [6.45, 7) is 1.99. The smallest absolute Gasteiger partial charge is 0.237 e. The maximum Gasteiger partial charge on any atom is 0.237 e. The zero-order valence-corrected chi connectivity index (χ0v) is 12.2. The van der Waals surface area contributed by atoms with Gasteiger partial charge in [-0.05, 0) is 52.7 Å². The van der Waals surface area contributed by atoms with E-state index in [-0.39, 0.29) is 11.9 Å². The molecule has 5 heteroatoms. The number of rotatable bonds is 4. The van der Waals surface area contributed by atoms with Crippen molar-refractivity contribution in [1.29, 1.82) is 0 Å². The summed E-state index contributed by atoms with van der Waals surface area (Å²) in [6.07, 6.45) is 1.67. The maximum atomic E-state index is 13.2. The summed E-state index contributed by atoms with van der Waals surface area (Å²) in [5.41, 5.74) is 1.78. The molecular formula is C14H14BrFN2O. The second-order valence-electron chi connectivity index (χ2n) is 4.10. The molecule has 0 spiro atoms. The number of benzene rings is 1. The quantitative estimate of drug-likeness (QED) is 0.916. The van der Waals surface area contributed by atoms with Gasteiger partial charge in [0.2, 0.25) is 5.88 Å². The van der Waals surface area contributed by atoms with E-state index in [4.69, 9.17) is 4.74 Å². The zero-order chi connectivity index (χ0) is 13.8. The first-order chi connectivity index (χ1) is 9.11. The van der Waals surface area contributed by atoms with Crippen LogP contribution in [0.3, 0.4) is 0 Å². The molecule has 0 amide bonds. The van der Waals surface area contributed by atoms with Gasteiger partial charge in [-0.1, -0.05) is 6.07 Å². The molecule has 0 radical (unpaired) electrons. The summed E-state index contributed by atoms with van der Waals surface area (Å²) >= 11 is 3.19. The minimum atomic E-state index is -0.269. The van der Waals surface area contributed by atoms with E-state index in [9.17, 15) is 4.39 Å². The monoisotopic (exact) mass is 324 g/mol. The molecule has 2 aromatic rings. The molecule has 0 aliphatic heterocycles. The lowest BCUT2D eigenvalue weighted by atomic mass is 10.1. The van der Waals surface area contributed by atoms with Crippen LogP contribution in [-0.2, 0) is 0 Å². The van der Waals surface area contributed by atoms with Crippen LogP contribution in [0.15, 0.2) is 41.0 Å². The lowest BCUT2D eigenvalue weighted by molar-refractivity contribution is 0.399. The Morgan fingerprint density at radius 2 is 2.16 bits per heavy atom. The molecule has 100 valence electrons. The molecule has 1 unspecified atom stereocenters. The first-order valence-electron chi connectivity index (χ1n) is 5.82. The molecule has 0 saturated heterocycles. The third kappa shape index (κ3) is 3.23. The molecular weight excluding hydrogens is 311 g/mol. The van der Waals surface area contributed by atoms with E-state index in [2.05, 4.69) is 26.2 Å². The molecule has 0 aliphatic carbocycles. The van der Waals surface area contributed by atoms with Crippen LogP contribution in [0.2, 0.25) is 0 Å². The molecule has 3 nitrogen and oxygen atoms in total. The average molecular weight is 325 g/mol. The number of methoxy groups -OCH3 is 1. The first-order valence-corrected chi connectivity index (χ1v) is 6.61. The van der Waals surface area contributed by atoms with Gasteiger partial charge >= 0.3 is 0 Å². The molecule has 1 aromatic heterocycles. The van der Waals surface area contributed by atoms with Crippen LogP contribution in [0.4, 0.5) is 10.1 Å². The van der Waals surface area contributed by atoms with E-state index in [1.807, 2.05) is 19.1 Å². The Balaban J connectivity index is 2.20. The summed E-state index contributed by atoms with van der Waals surface area (Å²) in [4.78, 5) is 4.12. The number of halogens is 2. The summed E-state index contributed by atoms with van der Waals surface area (Å²) < 4.78 is 18.8. The summed E-state index contributed by atoms with van der Waals surface area (Å²) in [6, 6.07) is 8.68. The van der Waals surface area contributed by atoms with E-state index in [1.54, 1.807) is 25.4 Å². The third-order valence-corrected chi connectivity index (χ3v) is 3.39. The maximum absolute atomic E-state index is 13.2. The highest BCUT2D eigenvalue weighted by Gasteiger charge is 2.11. The van der Waals surface area contributed by atoms with Crippen LogP contribution in [0.25, 0.3) is 0 Å². The number of aromatic nitrogens is 1. The number of pyridine rings is 1. The molecule has 0 aliphatic rings. The molecule has 19 heavy (non-hydrogen) atoms. The standard InChI is InChI=1S/C14H14BrFN2O/c1-9(10-5-6-12(16)11(15)8-10)18-13-4-3-7-17-14(13)19-2/h3-9,18H,1-2H3. The highest BCUT2D eigenvalue weighted by atomic mass is 79.9. The van der Waals surface area contributed by atoms with Crippen LogP contribution in [0.1, 0.15) is 18.5 Å². The van der Waals surface area contributed by atoms with Gasteiger partial charge in [-0.25, -0.2) is 9.37 Å². The average Bonchev–Trinajstić information content (AvgIpc) is 2.42. The van der Waals surface area contributed by atoms with E-state index >= 15 is 0 Å². The van der Waals surface area contributed by atoms with Crippen LogP contribution in [0.5, 0.6) is 5.88 Å². The van der Waals surface area contributed by atoms with Gasteiger partial charge in [-0.3, -0.25) is 0 Å². The van der Waals surface area contributed by atoms with Gasteiger partial charge in [0.15, 0.2) is 0 Å². The SMILES string of the molecule is COc1ncccc1NC(C)c1ccc(F)c(Br)c1. The lowest BCUT2D eigenvalue weighted by Crippen LogP contribution is -2.08. The number of nitrogens with zero attached hydrogens (tertiary/aromatic N) is 1. The topological polar surface area (TPSA) is 34.1 Å². The van der Waals surface area contributed by atoms with Crippen molar-refractivity contribution in [3.63, 3.8) is 0 Å². The molecule has 2 rings (SSSR count). The van der Waals surface area contributed by atoms with E-state index < -0.39 is 0 Å². The highest BCUT2D eigenvalue weighted by Crippen LogP contribution is 2.27. The van der Waals surface area contributed by atoms with Crippen molar-refractivity contribution < 1.29 is 9.13 Å². The normalized spacial score (nSPS) is 12.0. The van der Waals surface area contributed by atoms with Crippen molar-refractivity contribution in [3.8, 4) is 5.88 Å².